The second-order valence-corrected chi connectivity index (χ2v) is 18.6. The fourth-order valence-corrected chi connectivity index (χ4v) is 8.40. The maximum Gasteiger partial charge on any atom is 0.220 e. The van der Waals surface area contributed by atoms with Gasteiger partial charge in [0.15, 0.2) is 12.6 Å². The van der Waals surface area contributed by atoms with Crippen LogP contribution in [0.5, 0.6) is 0 Å². The summed E-state index contributed by atoms with van der Waals surface area (Å²) in [6, 6.07) is -0.915. The number of unbranched alkanes of at least 4 members (excludes halogenated alkanes) is 19. The molecule has 0 aromatic carbocycles. The van der Waals surface area contributed by atoms with Crippen molar-refractivity contribution < 1.29 is 64.6 Å². The lowest BCUT2D eigenvalue weighted by atomic mass is 9.97. The van der Waals surface area contributed by atoms with Crippen molar-refractivity contribution in [3.05, 3.63) is 60.8 Å². The summed E-state index contributed by atoms with van der Waals surface area (Å²) in [5.74, 6) is -0.247. The third-order valence-corrected chi connectivity index (χ3v) is 12.7. The van der Waals surface area contributed by atoms with Crippen LogP contribution in [0.4, 0.5) is 0 Å². The van der Waals surface area contributed by atoms with E-state index >= 15 is 0 Å². The zero-order valence-electron chi connectivity index (χ0n) is 41.8. The Morgan fingerprint density at radius 2 is 1.01 bits per heavy atom. The molecule has 0 radical (unpaired) electrons. The van der Waals surface area contributed by atoms with Crippen LogP contribution in [0.15, 0.2) is 60.8 Å². The van der Waals surface area contributed by atoms with Crippen LogP contribution in [0.3, 0.4) is 0 Å². The van der Waals surface area contributed by atoms with Crippen molar-refractivity contribution in [2.45, 2.75) is 254 Å². The molecule has 2 saturated heterocycles. The molecule has 394 valence electrons. The van der Waals surface area contributed by atoms with Crippen LogP contribution in [0.2, 0.25) is 0 Å². The van der Waals surface area contributed by atoms with Crippen LogP contribution in [-0.2, 0) is 23.7 Å². The zero-order valence-corrected chi connectivity index (χ0v) is 41.8. The topological polar surface area (TPSA) is 228 Å². The summed E-state index contributed by atoms with van der Waals surface area (Å²) < 4.78 is 22.7. The van der Waals surface area contributed by atoms with Gasteiger partial charge >= 0.3 is 0 Å². The highest BCUT2D eigenvalue weighted by Gasteiger charge is 2.51. The van der Waals surface area contributed by atoms with E-state index in [1.54, 1.807) is 6.08 Å². The van der Waals surface area contributed by atoms with Crippen LogP contribution >= 0.6 is 0 Å². The smallest absolute Gasteiger partial charge is 0.220 e. The molecule has 2 heterocycles. The molecule has 0 aliphatic carbocycles. The largest absolute Gasteiger partial charge is 0.394 e. The van der Waals surface area contributed by atoms with Gasteiger partial charge in [-0.3, -0.25) is 4.79 Å². The average Bonchev–Trinajstić information content (AvgIpc) is 3.34. The minimum absolute atomic E-state index is 0.247. The molecule has 2 rings (SSSR count). The first-order chi connectivity index (χ1) is 33.1. The van der Waals surface area contributed by atoms with Crippen molar-refractivity contribution in [1.29, 1.82) is 0 Å². The summed E-state index contributed by atoms with van der Waals surface area (Å²) in [6.45, 7) is 2.62. The van der Waals surface area contributed by atoms with Gasteiger partial charge in [0.1, 0.15) is 48.8 Å². The number of rotatable bonds is 40. The van der Waals surface area contributed by atoms with E-state index in [-0.39, 0.29) is 18.9 Å². The second-order valence-electron chi connectivity index (χ2n) is 18.6. The van der Waals surface area contributed by atoms with E-state index in [0.717, 1.165) is 77.0 Å². The monoisotopic (exact) mass is 966 g/mol. The van der Waals surface area contributed by atoms with Crippen molar-refractivity contribution >= 4 is 5.91 Å². The molecule has 2 aliphatic heterocycles. The van der Waals surface area contributed by atoms with E-state index in [1.807, 2.05) is 6.08 Å². The number of amides is 1. The van der Waals surface area contributed by atoms with Gasteiger partial charge in [0.2, 0.25) is 5.91 Å². The van der Waals surface area contributed by atoms with Crippen molar-refractivity contribution in [2.75, 3.05) is 19.8 Å². The molecule has 12 unspecified atom stereocenters. The number of hydrogen-bond donors (Lipinski definition) is 9. The summed E-state index contributed by atoms with van der Waals surface area (Å²) in [6.07, 6.45) is 32.8. The Morgan fingerprint density at radius 3 is 1.56 bits per heavy atom. The summed E-state index contributed by atoms with van der Waals surface area (Å²) in [7, 11) is 0. The lowest BCUT2D eigenvalue weighted by Crippen LogP contribution is -2.65. The molecular weight excluding hydrogens is 871 g/mol. The molecule has 68 heavy (non-hydrogen) atoms. The molecule has 1 amide bonds. The molecule has 0 aromatic heterocycles. The third kappa shape index (κ3) is 26.8. The summed E-state index contributed by atoms with van der Waals surface area (Å²) in [5, 5.41) is 86.6. The third-order valence-electron chi connectivity index (χ3n) is 12.7. The summed E-state index contributed by atoms with van der Waals surface area (Å²) in [5.41, 5.74) is 0. The van der Waals surface area contributed by atoms with Crippen LogP contribution in [-0.4, -0.2) is 140 Å². The Morgan fingerprint density at radius 1 is 0.544 bits per heavy atom. The Kier molecular flexibility index (Phi) is 36.6. The predicted octanol–water partition coefficient (Wildman–Crippen LogP) is 7.44. The highest BCUT2D eigenvalue weighted by Crippen LogP contribution is 2.30. The van der Waals surface area contributed by atoms with E-state index in [2.05, 4.69) is 67.8 Å². The van der Waals surface area contributed by atoms with Gasteiger partial charge < -0.3 is 65.1 Å². The van der Waals surface area contributed by atoms with Crippen molar-refractivity contribution in [2.24, 2.45) is 0 Å². The van der Waals surface area contributed by atoms with Crippen LogP contribution in [0, 0.1) is 0 Å². The second kappa shape index (κ2) is 40.3. The van der Waals surface area contributed by atoms with E-state index in [9.17, 15) is 45.6 Å². The van der Waals surface area contributed by atoms with Gasteiger partial charge in [0.25, 0.3) is 0 Å². The minimum Gasteiger partial charge on any atom is -0.394 e. The number of ether oxygens (including phenoxy) is 4. The number of allylic oxidation sites excluding steroid dienone is 9. The molecular formula is C54H95NO13. The fraction of sp³-hybridized carbons (Fsp3) is 0.796. The summed E-state index contributed by atoms with van der Waals surface area (Å²) >= 11 is 0. The molecule has 14 nitrogen and oxygen atoms in total. The Bertz CT molecular complexity index is 1370. The average molecular weight is 966 g/mol. The number of carbonyl (C=O) groups excluding carboxylic acids is 1. The first kappa shape index (κ1) is 61.8. The maximum atomic E-state index is 13.2. The summed E-state index contributed by atoms with van der Waals surface area (Å²) in [4.78, 5) is 13.2. The molecule has 0 aromatic rings. The van der Waals surface area contributed by atoms with E-state index in [0.29, 0.717) is 6.42 Å². The first-order valence-electron chi connectivity index (χ1n) is 26.5. The molecule has 2 fully saturated rings. The van der Waals surface area contributed by atoms with Crippen LogP contribution < -0.4 is 5.32 Å². The first-order valence-corrected chi connectivity index (χ1v) is 26.5. The zero-order chi connectivity index (χ0) is 49.6. The molecule has 2 aliphatic rings. The van der Waals surface area contributed by atoms with Gasteiger partial charge in [-0.05, 0) is 57.8 Å². The standard InChI is InChI=1S/C54H95NO13/c1-3-5-7-9-11-13-14-15-16-17-18-19-20-21-22-23-24-25-26-27-28-30-32-34-36-38-46(59)55-42(43(58)37-35-33-31-29-12-10-8-6-4-2)41-65-53-51(64)49(62)52(45(40-57)67-53)68-54-50(63)48(61)47(60)44(39-56)66-54/h5,7,11,13,15-16,18-19,35,37,42-45,47-54,56-58,60-64H,3-4,6,8-10,12,14,17,20-34,36,38-41H2,1-2H3,(H,55,59)/b7-5-,13-11-,16-15-,19-18-,37-35+. The van der Waals surface area contributed by atoms with Crippen LogP contribution in [0.1, 0.15) is 181 Å². The number of aliphatic hydroxyl groups is 8. The van der Waals surface area contributed by atoms with Gasteiger partial charge in [0.05, 0.1) is 32.0 Å². The Labute approximate surface area is 409 Å². The Hall–Kier alpha value is -2.31. The predicted molar refractivity (Wildman–Crippen MR) is 267 cm³/mol. The van der Waals surface area contributed by atoms with Crippen molar-refractivity contribution in [1.82, 2.24) is 5.32 Å². The lowest BCUT2D eigenvalue weighted by molar-refractivity contribution is -0.359. The molecule has 12 atom stereocenters. The van der Waals surface area contributed by atoms with Crippen molar-refractivity contribution in [3.8, 4) is 0 Å². The minimum atomic E-state index is -1.79. The maximum absolute atomic E-state index is 13.2. The van der Waals surface area contributed by atoms with Gasteiger partial charge in [-0.1, -0.05) is 177 Å². The highest BCUT2D eigenvalue weighted by atomic mass is 16.7. The normalized spacial score (nSPS) is 26.9. The quantitative estimate of drug-likeness (QED) is 0.0215. The highest BCUT2D eigenvalue weighted by molar-refractivity contribution is 5.76. The molecule has 14 heteroatoms. The number of hydrogen-bond acceptors (Lipinski definition) is 13. The lowest BCUT2D eigenvalue weighted by Gasteiger charge is -2.46. The fourth-order valence-electron chi connectivity index (χ4n) is 8.40. The van der Waals surface area contributed by atoms with Crippen LogP contribution in [0.25, 0.3) is 0 Å². The number of nitrogens with one attached hydrogen (secondary N) is 1. The SMILES string of the molecule is CC/C=C\C/C=C\C/C=C\C/C=C\CCCCCCCCCCCCCCC(=O)NC(COC1OC(CO)C(OC2OC(CO)C(O)C(O)C2O)C(O)C1O)C(O)/C=C/CCCCCCCCC. The molecule has 0 saturated carbocycles. The van der Waals surface area contributed by atoms with Gasteiger partial charge in [0, 0.05) is 6.42 Å². The Balaban J connectivity index is 1.72. The molecule has 0 spiro atoms. The van der Waals surface area contributed by atoms with Gasteiger partial charge in [-0.2, -0.15) is 0 Å². The molecule has 9 N–H and O–H groups in total. The van der Waals surface area contributed by atoms with Crippen molar-refractivity contribution in [3.63, 3.8) is 0 Å². The van der Waals surface area contributed by atoms with Gasteiger partial charge in [-0.15, -0.1) is 0 Å². The van der Waals surface area contributed by atoms with E-state index in [4.69, 9.17) is 18.9 Å². The number of carbonyl (C=O) groups is 1. The van der Waals surface area contributed by atoms with E-state index < -0.39 is 86.8 Å². The molecule has 0 bridgehead atoms. The van der Waals surface area contributed by atoms with E-state index in [1.165, 1.54) is 77.0 Å². The number of aliphatic hydroxyl groups excluding tert-OH is 8. The van der Waals surface area contributed by atoms with Gasteiger partial charge in [-0.25, -0.2) is 0 Å².